The van der Waals surface area contributed by atoms with Gasteiger partial charge in [0.05, 0.1) is 6.10 Å². The molecular formula is C21H28N2O2. The van der Waals surface area contributed by atoms with Crippen LogP contribution in [0.15, 0.2) is 48.5 Å². The molecule has 0 aliphatic carbocycles. The first kappa shape index (κ1) is 19.2. The molecule has 0 fully saturated rings. The number of carbonyl (C=O) groups excluding carboxylic acids is 1. The zero-order valence-corrected chi connectivity index (χ0v) is 15.5. The van der Waals surface area contributed by atoms with Crippen molar-refractivity contribution < 1.29 is 9.90 Å². The SMILES string of the molecule is CC(=O)Nc1ccccc1CNCC(O)c1ccc(C(C)(C)C)cc1. The summed E-state index contributed by atoms with van der Waals surface area (Å²) >= 11 is 0. The van der Waals surface area contributed by atoms with E-state index in [9.17, 15) is 9.90 Å². The van der Waals surface area contributed by atoms with E-state index in [0.717, 1.165) is 16.8 Å². The number of benzene rings is 2. The predicted molar refractivity (Wildman–Crippen MR) is 103 cm³/mol. The van der Waals surface area contributed by atoms with Crippen molar-refractivity contribution in [1.82, 2.24) is 5.32 Å². The van der Waals surface area contributed by atoms with E-state index in [-0.39, 0.29) is 11.3 Å². The van der Waals surface area contributed by atoms with Crippen molar-refractivity contribution in [2.75, 3.05) is 11.9 Å². The van der Waals surface area contributed by atoms with Gasteiger partial charge in [-0.2, -0.15) is 0 Å². The number of para-hydroxylation sites is 1. The second-order valence-corrected chi connectivity index (χ2v) is 7.36. The molecule has 4 nitrogen and oxygen atoms in total. The number of carbonyl (C=O) groups is 1. The van der Waals surface area contributed by atoms with Gasteiger partial charge in [0.15, 0.2) is 0 Å². The minimum Gasteiger partial charge on any atom is -0.387 e. The number of aliphatic hydroxyl groups excluding tert-OH is 1. The van der Waals surface area contributed by atoms with E-state index in [1.54, 1.807) is 0 Å². The zero-order valence-electron chi connectivity index (χ0n) is 15.5. The molecule has 0 aromatic heterocycles. The summed E-state index contributed by atoms with van der Waals surface area (Å²) < 4.78 is 0. The topological polar surface area (TPSA) is 61.4 Å². The maximum atomic E-state index is 11.3. The quantitative estimate of drug-likeness (QED) is 0.750. The van der Waals surface area contributed by atoms with Crippen LogP contribution in [0.25, 0.3) is 0 Å². The number of nitrogens with one attached hydrogen (secondary N) is 2. The Hall–Kier alpha value is -2.17. The molecule has 0 radical (unpaired) electrons. The third-order valence-corrected chi connectivity index (χ3v) is 4.14. The molecule has 25 heavy (non-hydrogen) atoms. The highest BCUT2D eigenvalue weighted by molar-refractivity contribution is 5.89. The van der Waals surface area contributed by atoms with Crippen molar-refractivity contribution >= 4 is 11.6 Å². The maximum Gasteiger partial charge on any atom is 0.221 e. The Morgan fingerprint density at radius 3 is 2.32 bits per heavy atom. The smallest absolute Gasteiger partial charge is 0.221 e. The number of rotatable bonds is 6. The fraction of sp³-hybridized carbons (Fsp3) is 0.381. The summed E-state index contributed by atoms with van der Waals surface area (Å²) in [5, 5.41) is 16.5. The van der Waals surface area contributed by atoms with Gasteiger partial charge in [-0.05, 0) is 28.2 Å². The largest absolute Gasteiger partial charge is 0.387 e. The normalized spacial score (nSPS) is 12.7. The predicted octanol–water partition coefficient (Wildman–Crippen LogP) is 3.77. The van der Waals surface area contributed by atoms with Crippen molar-refractivity contribution in [3.63, 3.8) is 0 Å². The number of hydrogen-bond donors (Lipinski definition) is 3. The van der Waals surface area contributed by atoms with Crippen LogP contribution in [0.2, 0.25) is 0 Å². The van der Waals surface area contributed by atoms with E-state index in [1.807, 2.05) is 36.4 Å². The second-order valence-electron chi connectivity index (χ2n) is 7.36. The second kappa shape index (κ2) is 8.28. The third-order valence-electron chi connectivity index (χ3n) is 4.14. The van der Waals surface area contributed by atoms with Gasteiger partial charge in [0.1, 0.15) is 0 Å². The van der Waals surface area contributed by atoms with Crippen LogP contribution in [-0.2, 0) is 16.8 Å². The third kappa shape index (κ3) is 5.69. The highest BCUT2D eigenvalue weighted by Gasteiger charge is 2.14. The number of amides is 1. The molecule has 4 heteroatoms. The number of hydrogen-bond acceptors (Lipinski definition) is 3. The lowest BCUT2D eigenvalue weighted by atomic mass is 9.86. The van der Waals surface area contributed by atoms with Gasteiger partial charge in [-0.15, -0.1) is 0 Å². The Morgan fingerprint density at radius 2 is 1.72 bits per heavy atom. The number of aliphatic hydroxyl groups is 1. The average molecular weight is 340 g/mol. The first-order valence-corrected chi connectivity index (χ1v) is 8.62. The van der Waals surface area contributed by atoms with Crippen molar-refractivity contribution in [2.24, 2.45) is 0 Å². The molecule has 2 rings (SSSR count). The fourth-order valence-corrected chi connectivity index (χ4v) is 2.65. The lowest BCUT2D eigenvalue weighted by Crippen LogP contribution is -2.22. The van der Waals surface area contributed by atoms with Crippen LogP contribution < -0.4 is 10.6 Å². The van der Waals surface area contributed by atoms with Gasteiger partial charge in [0.25, 0.3) is 0 Å². The highest BCUT2D eigenvalue weighted by atomic mass is 16.3. The Labute approximate surface area is 150 Å². The highest BCUT2D eigenvalue weighted by Crippen LogP contribution is 2.24. The minimum absolute atomic E-state index is 0.0913. The minimum atomic E-state index is -0.568. The van der Waals surface area contributed by atoms with Crippen molar-refractivity contribution in [3.8, 4) is 0 Å². The van der Waals surface area contributed by atoms with E-state index in [1.165, 1.54) is 12.5 Å². The summed E-state index contributed by atoms with van der Waals surface area (Å²) in [6.45, 7) is 9.04. The summed E-state index contributed by atoms with van der Waals surface area (Å²) in [5.74, 6) is -0.0913. The van der Waals surface area contributed by atoms with Gasteiger partial charge in [-0.1, -0.05) is 63.2 Å². The lowest BCUT2D eigenvalue weighted by Gasteiger charge is -2.20. The van der Waals surface area contributed by atoms with Crippen LogP contribution in [0.5, 0.6) is 0 Å². The molecule has 1 amide bonds. The van der Waals surface area contributed by atoms with Crippen molar-refractivity contribution in [2.45, 2.75) is 45.8 Å². The van der Waals surface area contributed by atoms with Gasteiger partial charge in [-0.3, -0.25) is 4.79 Å². The zero-order chi connectivity index (χ0) is 18.4. The Bertz CT molecular complexity index is 703. The fourth-order valence-electron chi connectivity index (χ4n) is 2.65. The van der Waals surface area contributed by atoms with Crippen molar-refractivity contribution in [3.05, 3.63) is 65.2 Å². The number of anilines is 1. The summed E-state index contributed by atoms with van der Waals surface area (Å²) in [6, 6.07) is 15.8. The van der Waals surface area contributed by atoms with Gasteiger partial charge in [0, 0.05) is 25.7 Å². The van der Waals surface area contributed by atoms with Crippen LogP contribution in [0.4, 0.5) is 5.69 Å². The van der Waals surface area contributed by atoms with E-state index >= 15 is 0 Å². The molecular weight excluding hydrogens is 312 g/mol. The van der Waals surface area contributed by atoms with Gasteiger partial charge in [0.2, 0.25) is 5.91 Å². The van der Waals surface area contributed by atoms with Crippen LogP contribution >= 0.6 is 0 Å². The molecule has 3 N–H and O–H groups in total. The first-order valence-electron chi connectivity index (χ1n) is 8.62. The Morgan fingerprint density at radius 1 is 1.08 bits per heavy atom. The van der Waals surface area contributed by atoms with E-state index in [2.05, 4.69) is 43.5 Å². The monoisotopic (exact) mass is 340 g/mol. The Kier molecular flexibility index (Phi) is 6.34. The standard InChI is InChI=1S/C21H28N2O2/c1-15(24)23-19-8-6-5-7-17(19)13-22-14-20(25)16-9-11-18(12-10-16)21(2,3)4/h5-12,20,22,25H,13-14H2,1-4H3,(H,23,24). The van der Waals surface area contributed by atoms with Crippen molar-refractivity contribution in [1.29, 1.82) is 0 Å². The molecule has 1 atom stereocenters. The molecule has 2 aromatic rings. The molecule has 134 valence electrons. The first-order chi connectivity index (χ1) is 11.8. The van der Waals surface area contributed by atoms with Crippen LogP contribution in [-0.4, -0.2) is 17.6 Å². The van der Waals surface area contributed by atoms with E-state index in [4.69, 9.17) is 0 Å². The summed E-state index contributed by atoms with van der Waals surface area (Å²) in [7, 11) is 0. The molecule has 0 aliphatic heterocycles. The van der Waals surface area contributed by atoms with Gasteiger partial charge in [-0.25, -0.2) is 0 Å². The van der Waals surface area contributed by atoms with E-state index in [0.29, 0.717) is 13.1 Å². The summed E-state index contributed by atoms with van der Waals surface area (Å²) in [4.78, 5) is 11.3. The molecule has 0 heterocycles. The lowest BCUT2D eigenvalue weighted by molar-refractivity contribution is -0.114. The van der Waals surface area contributed by atoms with Crippen LogP contribution in [0, 0.1) is 0 Å². The molecule has 0 saturated carbocycles. The molecule has 2 aromatic carbocycles. The maximum absolute atomic E-state index is 11.3. The summed E-state index contributed by atoms with van der Waals surface area (Å²) in [6.07, 6.45) is -0.568. The molecule has 1 unspecified atom stereocenters. The van der Waals surface area contributed by atoms with Crippen LogP contribution in [0.3, 0.4) is 0 Å². The van der Waals surface area contributed by atoms with Crippen LogP contribution in [0.1, 0.15) is 50.5 Å². The molecule has 0 bridgehead atoms. The van der Waals surface area contributed by atoms with E-state index < -0.39 is 6.10 Å². The molecule has 0 spiro atoms. The Balaban J connectivity index is 1.93. The molecule has 0 aliphatic rings. The van der Waals surface area contributed by atoms with Gasteiger partial charge < -0.3 is 15.7 Å². The van der Waals surface area contributed by atoms with Gasteiger partial charge >= 0.3 is 0 Å². The summed E-state index contributed by atoms with van der Waals surface area (Å²) in [5.41, 5.74) is 4.05. The molecule has 0 saturated heterocycles. The average Bonchev–Trinajstić information content (AvgIpc) is 2.55.